The molecule has 3 aliphatic rings. The number of hydrogen-bond acceptors (Lipinski definition) is 5. The largest absolute Gasteiger partial charge is 0.340 e. The molecule has 1 aromatic carbocycles. The molecular formula is C22H26N4O3S. The Morgan fingerprint density at radius 1 is 1.17 bits per heavy atom. The molecule has 2 saturated heterocycles. The minimum Gasteiger partial charge on any atom is -0.340 e. The number of thiazole rings is 1. The Hall–Kier alpha value is -2.48. The van der Waals surface area contributed by atoms with Crippen LogP contribution in [0, 0.1) is 0 Å². The highest BCUT2D eigenvalue weighted by atomic mass is 32.1. The van der Waals surface area contributed by atoms with Crippen molar-refractivity contribution in [2.75, 3.05) is 19.6 Å². The van der Waals surface area contributed by atoms with Gasteiger partial charge in [0, 0.05) is 19.0 Å². The molecule has 4 amide bonds. The molecule has 1 saturated carbocycles. The molecule has 1 unspecified atom stereocenters. The van der Waals surface area contributed by atoms with Crippen molar-refractivity contribution in [2.24, 2.45) is 0 Å². The fourth-order valence-corrected chi connectivity index (χ4v) is 6.11. The third-order valence-corrected chi connectivity index (χ3v) is 7.88. The number of para-hydroxylation sites is 1. The van der Waals surface area contributed by atoms with Crippen LogP contribution in [0.3, 0.4) is 0 Å². The van der Waals surface area contributed by atoms with Crippen LogP contribution in [-0.2, 0) is 9.59 Å². The highest BCUT2D eigenvalue weighted by Gasteiger charge is 2.51. The summed E-state index contributed by atoms with van der Waals surface area (Å²) in [6.07, 6.45) is 6.20. The van der Waals surface area contributed by atoms with Crippen molar-refractivity contribution in [3.05, 3.63) is 29.3 Å². The summed E-state index contributed by atoms with van der Waals surface area (Å²) in [5.74, 6) is -0.176. The number of aromatic nitrogens is 1. The van der Waals surface area contributed by atoms with Gasteiger partial charge in [0.1, 0.15) is 12.1 Å². The summed E-state index contributed by atoms with van der Waals surface area (Å²) in [4.78, 5) is 46.1. The predicted octanol–water partition coefficient (Wildman–Crippen LogP) is 3.26. The molecule has 3 heterocycles. The van der Waals surface area contributed by atoms with Crippen LogP contribution in [0.15, 0.2) is 24.3 Å². The highest BCUT2D eigenvalue weighted by molar-refractivity contribution is 7.18. The first-order chi connectivity index (χ1) is 14.6. The molecular weight excluding hydrogens is 400 g/mol. The number of imide groups is 1. The van der Waals surface area contributed by atoms with Crippen molar-refractivity contribution in [1.82, 2.24) is 20.1 Å². The number of nitrogens with one attached hydrogen (secondary N) is 1. The van der Waals surface area contributed by atoms with Crippen molar-refractivity contribution in [1.29, 1.82) is 0 Å². The van der Waals surface area contributed by atoms with E-state index in [1.165, 1.54) is 0 Å². The Kier molecular flexibility index (Phi) is 4.97. The van der Waals surface area contributed by atoms with E-state index in [0.717, 1.165) is 52.2 Å². The molecule has 5 rings (SSSR count). The molecule has 1 N–H and O–H groups in total. The molecule has 2 aliphatic heterocycles. The normalized spacial score (nSPS) is 23.9. The van der Waals surface area contributed by atoms with Gasteiger partial charge in [0.05, 0.1) is 15.2 Å². The number of benzene rings is 1. The standard InChI is InChI=1S/C22H26N4O3S/c27-18(14-26-20(28)22(24-21(26)29)10-4-1-5-11-22)25-12-6-7-15(13-25)19-23-16-8-2-3-9-17(16)30-19/h2-3,8-9,15H,1,4-7,10-14H2,(H,24,29). The fraction of sp³-hybridized carbons (Fsp3) is 0.545. The fourth-order valence-electron chi connectivity index (χ4n) is 5.02. The average Bonchev–Trinajstić information content (AvgIpc) is 3.30. The third kappa shape index (κ3) is 3.37. The number of urea groups is 1. The smallest absolute Gasteiger partial charge is 0.325 e. The quantitative estimate of drug-likeness (QED) is 0.764. The van der Waals surface area contributed by atoms with Gasteiger partial charge in [-0.05, 0) is 37.8 Å². The van der Waals surface area contributed by atoms with Crippen molar-refractivity contribution >= 4 is 39.4 Å². The van der Waals surface area contributed by atoms with E-state index in [1.54, 1.807) is 16.2 Å². The van der Waals surface area contributed by atoms with Crippen molar-refractivity contribution < 1.29 is 14.4 Å². The van der Waals surface area contributed by atoms with Gasteiger partial charge in [-0.25, -0.2) is 9.78 Å². The number of rotatable bonds is 3. The number of nitrogens with zero attached hydrogens (tertiary/aromatic N) is 3. The molecule has 0 radical (unpaired) electrons. The lowest BCUT2D eigenvalue weighted by Gasteiger charge is -2.33. The van der Waals surface area contributed by atoms with E-state index < -0.39 is 11.6 Å². The van der Waals surface area contributed by atoms with E-state index in [9.17, 15) is 14.4 Å². The van der Waals surface area contributed by atoms with E-state index in [-0.39, 0.29) is 24.3 Å². The number of fused-ring (bicyclic) bond motifs is 1. The van der Waals surface area contributed by atoms with E-state index >= 15 is 0 Å². The van der Waals surface area contributed by atoms with Gasteiger partial charge in [0.15, 0.2) is 0 Å². The summed E-state index contributed by atoms with van der Waals surface area (Å²) >= 11 is 1.69. The molecule has 1 aliphatic carbocycles. The summed E-state index contributed by atoms with van der Waals surface area (Å²) in [5, 5.41) is 3.95. The van der Waals surface area contributed by atoms with E-state index in [1.807, 2.05) is 18.2 Å². The summed E-state index contributed by atoms with van der Waals surface area (Å²) in [5.41, 5.74) is 0.221. The molecule has 8 heteroatoms. The maximum absolute atomic E-state index is 13.0. The lowest BCUT2D eigenvalue weighted by Crippen LogP contribution is -2.49. The minimum atomic E-state index is -0.777. The number of carbonyl (C=O) groups excluding carboxylic acids is 3. The van der Waals surface area contributed by atoms with E-state index in [0.29, 0.717) is 25.9 Å². The van der Waals surface area contributed by atoms with Crippen LogP contribution in [0.1, 0.15) is 55.9 Å². The van der Waals surface area contributed by atoms with E-state index in [2.05, 4.69) is 11.4 Å². The zero-order valence-electron chi connectivity index (χ0n) is 16.9. The van der Waals surface area contributed by atoms with Gasteiger partial charge in [0.2, 0.25) is 5.91 Å². The van der Waals surface area contributed by atoms with Gasteiger partial charge >= 0.3 is 6.03 Å². The zero-order valence-corrected chi connectivity index (χ0v) is 17.7. The molecule has 30 heavy (non-hydrogen) atoms. The summed E-state index contributed by atoms with van der Waals surface area (Å²) in [7, 11) is 0. The Bertz CT molecular complexity index is 964. The maximum atomic E-state index is 13.0. The average molecular weight is 427 g/mol. The van der Waals surface area contributed by atoms with Gasteiger partial charge in [-0.1, -0.05) is 31.4 Å². The predicted molar refractivity (Wildman–Crippen MR) is 114 cm³/mol. The number of piperidine rings is 1. The SMILES string of the molecule is O=C(CN1C(=O)NC2(CCCCC2)C1=O)N1CCCC(c2nc3ccccc3s2)C1. The van der Waals surface area contributed by atoms with Gasteiger partial charge < -0.3 is 10.2 Å². The number of carbonyl (C=O) groups is 3. The monoisotopic (exact) mass is 426 g/mol. The summed E-state index contributed by atoms with van der Waals surface area (Å²) in [6, 6.07) is 7.66. The van der Waals surface area contributed by atoms with Crippen molar-refractivity contribution in [3.63, 3.8) is 0 Å². The van der Waals surface area contributed by atoms with Gasteiger partial charge in [-0.2, -0.15) is 0 Å². The molecule has 7 nitrogen and oxygen atoms in total. The Balaban J connectivity index is 1.27. The maximum Gasteiger partial charge on any atom is 0.325 e. The van der Waals surface area contributed by atoms with Crippen LogP contribution in [0.5, 0.6) is 0 Å². The highest BCUT2D eigenvalue weighted by Crippen LogP contribution is 2.35. The second kappa shape index (κ2) is 7.65. The van der Waals surface area contributed by atoms with Gasteiger partial charge in [-0.15, -0.1) is 11.3 Å². The summed E-state index contributed by atoms with van der Waals surface area (Å²) < 4.78 is 1.16. The third-order valence-electron chi connectivity index (χ3n) is 6.68. The van der Waals surface area contributed by atoms with Crippen LogP contribution in [0.25, 0.3) is 10.2 Å². The Labute approximate surface area is 179 Å². The van der Waals surface area contributed by atoms with Gasteiger partial charge in [-0.3, -0.25) is 14.5 Å². The minimum absolute atomic E-state index is 0.155. The molecule has 1 spiro atoms. The lowest BCUT2D eigenvalue weighted by atomic mass is 9.82. The van der Waals surface area contributed by atoms with Crippen LogP contribution in [0.2, 0.25) is 0 Å². The Morgan fingerprint density at radius 3 is 2.77 bits per heavy atom. The second-order valence-electron chi connectivity index (χ2n) is 8.66. The number of amides is 4. The second-order valence-corrected chi connectivity index (χ2v) is 9.73. The van der Waals surface area contributed by atoms with E-state index in [4.69, 9.17) is 4.98 Å². The van der Waals surface area contributed by atoms with Crippen LogP contribution < -0.4 is 5.32 Å². The first-order valence-corrected chi connectivity index (χ1v) is 11.6. The van der Waals surface area contributed by atoms with Crippen molar-refractivity contribution in [3.8, 4) is 0 Å². The Morgan fingerprint density at radius 2 is 1.97 bits per heavy atom. The number of hydrogen-bond donors (Lipinski definition) is 1. The first kappa shape index (κ1) is 19.5. The molecule has 158 valence electrons. The molecule has 1 aromatic heterocycles. The molecule has 3 fully saturated rings. The summed E-state index contributed by atoms with van der Waals surface area (Å²) in [6.45, 7) is 1.08. The lowest BCUT2D eigenvalue weighted by molar-refractivity contribution is -0.140. The van der Waals surface area contributed by atoms with Crippen molar-refractivity contribution in [2.45, 2.75) is 56.4 Å². The first-order valence-electron chi connectivity index (χ1n) is 10.8. The van der Waals surface area contributed by atoms with Crippen LogP contribution >= 0.6 is 11.3 Å². The molecule has 2 aromatic rings. The topological polar surface area (TPSA) is 82.6 Å². The van der Waals surface area contributed by atoms with Gasteiger partial charge in [0.25, 0.3) is 5.91 Å². The zero-order chi connectivity index (χ0) is 20.7. The molecule has 0 bridgehead atoms. The van der Waals surface area contributed by atoms with Crippen LogP contribution in [-0.4, -0.2) is 57.8 Å². The number of likely N-dealkylation sites (tertiary alicyclic amines) is 1. The molecule has 1 atom stereocenters. The van der Waals surface area contributed by atoms with Crippen LogP contribution in [0.4, 0.5) is 4.79 Å².